The maximum Gasteiger partial charge on any atom is 0.311 e. The van der Waals surface area contributed by atoms with E-state index in [1.165, 1.54) is 13.2 Å². The molecule has 0 unspecified atom stereocenters. The van der Waals surface area contributed by atoms with Gasteiger partial charge in [-0.2, -0.15) is 0 Å². The van der Waals surface area contributed by atoms with Crippen LogP contribution in [0.15, 0.2) is 22.7 Å². The van der Waals surface area contributed by atoms with E-state index in [-0.39, 0.29) is 17.3 Å². The van der Waals surface area contributed by atoms with Gasteiger partial charge >= 0.3 is 5.69 Å². The molecule has 2 N–H and O–H groups in total. The van der Waals surface area contributed by atoms with Gasteiger partial charge in [0, 0.05) is 6.07 Å². The molecule has 0 spiro atoms. The first-order chi connectivity index (χ1) is 8.56. The van der Waals surface area contributed by atoms with Gasteiger partial charge in [-0.1, -0.05) is 11.2 Å². The fourth-order valence-corrected chi connectivity index (χ4v) is 2.01. The lowest BCUT2D eigenvalue weighted by molar-refractivity contribution is -0.385. The number of anilines is 1. The number of nitrogens with zero attached hydrogens (tertiary/aromatic N) is 2. The van der Waals surface area contributed by atoms with E-state index in [0.29, 0.717) is 14.9 Å². The normalized spacial score (nSPS) is 10.3. The van der Waals surface area contributed by atoms with Gasteiger partial charge < -0.3 is 15.0 Å². The third-order valence-corrected chi connectivity index (χ3v) is 3.34. The summed E-state index contributed by atoms with van der Waals surface area (Å²) >= 11 is 1.96. The van der Waals surface area contributed by atoms with Crippen molar-refractivity contribution in [3.8, 4) is 17.1 Å². The number of hydrogen-bond acceptors (Lipinski definition) is 6. The Morgan fingerprint density at radius 3 is 2.78 bits per heavy atom. The predicted molar refractivity (Wildman–Crippen MR) is 72.3 cm³/mol. The highest BCUT2D eigenvalue weighted by Gasteiger charge is 2.24. The Hall–Kier alpha value is -1.84. The quantitative estimate of drug-likeness (QED) is 0.512. The maximum atomic E-state index is 10.9. The van der Waals surface area contributed by atoms with Crippen LogP contribution >= 0.6 is 22.6 Å². The highest BCUT2D eigenvalue weighted by atomic mass is 127. The van der Waals surface area contributed by atoms with E-state index >= 15 is 0 Å². The molecule has 8 heteroatoms. The summed E-state index contributed by atoms with van der Waals surface area (Å²) in [5, 5.41) is 14.5. The lowest BCUT2D eigenvalue weighted by Crippen LogP contribution is -1.96. The van der Waals surface area contributed by atoms with Gasteiger partial charge in [0.1, 0.15) is 3.57 Å². The second-order valence-electron chi connectivity index (χ2n) is 3.33. The second-order valence-corrected chi connectivity index (χ2v) is 4.40. The molecule has 94 valence electrons. The van der Waals surface area contributed by atoms with Crippen LogP contribution in [0.2, 0.25) is 0 Å². The minimum atomic E-state index is -0.519. The van der Waals surface area contributed by atoms with Gasteiger partial charge in [-0.15, -0.1) is 0 Å². The Morgan fingerprint density at radius 1 is 1.56 bits per heavy atom. The van der Waals surface area contributed by atoms with Crippen LogP contribution in [0.5, 0.6) is 5.75 Å². The third kappa shape index (κ3) is 1.98. The van der Waals surface area contributed by atoms with Gasteiger partial charge in [0.2, 0.25) is 5.75 Å². The zero-order valence-corrected chi connectivity index (χ0v) is 11.4. The molecule has 0 aliphatic rings. The highest BCUT2D eigenvalue weighted by Crippen LogP contribution is 2.40. The van der Waals surface area contributed by atoms with E-state index in [4.69, 9.17) is 15.0 Å². The van der Waals surface area contributed by atoms with Gasteiger partial charge in [-0.05, 0) is 28.7 Å². The summed E-state index contributed by atoms with van der Waals surface area (Å²) in [7, 11) is 1.36. The van der Waals surface area contributed by atoms with Gasteiger partial charge in [-0.25, -0.2) is 0 Å². The molecule has 1 aromatic carbocycles. The molecule has 0 radical (unpaired) electrons. The summed E-state index contributed by atoms with van der Waals surface area (Å²) in [5.74, 6) is 0.712. The van der Waals surface area contributed by atoms with Crippen molar-refractivity contribution in [3.05, 3.63) is 31.9 Å². The van der Waals surface area contributed by atoms with Gasteiger partial charge in [0.15, 0.2) is 11.6 Å². The Balaban J connectivity index is 2.68. The number of nitro benzene ring substituents is 1. The highest BCUT2D eigenvalue weighted by molar-refractivity contribution is 14.1. The molecule has 0 atom stereocenters. The molecule has 2 rings (SSSR count). The van der Waals surface area contributed by atoms with Crippen LogP contribution in [0.3, 0.4) is 0 Å². The number of aromatic nitrogens is 1. The molecule has 7 nitrogen and oxygen atoms in total. The second kappa shape index (κ2) is 4.80. The van der Waals surface area contributed by atoms with Crippen LogP contribution in [0.4, 0.5) is 11.5 Å². The monoisotopic (exact) mass is 361 g/mol. The molecule has 0 saturated heterocycles. The smallest absolute Gasteiger partial charge is 0.311 e. The lowest BCUT2D eigenvalue weighted by atomic mass is 10.1. The van der Waals surface area contributed by atoms with Gasteiger partial charge in [0.25, 0.3) is 0 Å². The first-order valence-corrected chi connectivity index (χ1v) is 5.86. The number of nitrogen functional groups attached to an aromatic ring is 1. The number of rotatable bonds is 3. The van der Waals surface area contributed by atoms with E-state index < -0.39 is 4.92 Å². The molecule has 1 aromatic heterocycles. The molecule has 18 heavy (non-hydrogen) atoms. The number of nitro groups is 1. The Labute approximate surface area is 115 Å². The van der Waals surface area contributed by atoms with Crippen LogP contribution in [0.25, 0.3) is 11.3 Å². The molecule has 2 aromatic rings. The number of nitrogens with two attached hydrogens (primary N) is 1. The van der Waals surface area contributed by atoms with Crippen molar-refractivity contribution >= 4 is 34.1 Å². The fraction of sp³-hybridized carbons (Fsp3) is 0.100. The van der Waals surface area contributed by atoms with Crippen molar-refractivity contribution in [1.82, 2.24) is 5.16 Å². The zero-order valence-electron chi connectivity index (χ0n) is 9.21. The largest absolute Gasteiger partial charge is 0.490 e. The molecular formula is C10H8IN3O4. The summed E-state index contributed by atoms with van der Waals surface area (Å²) in [6, 6.07) is 4.55. The SMILES string of the molecule is COc1c(-c2onc(N)c2I)cccc1[N+](=O)[O-]. The molecule has 0 fully saturated rings. The van der Waals surface area contributed by atoms with Crippen LogP contribution in [0, 0.1) is 13.7 Å². The minimum Gasteiger partial charge on any atom is -0.490 e. The molecule has 0 bridgehead atoms. The average Bonchev–Trinajstić information content (AvgIpc) is 2.69. The number of para-hydroxylation sites is 1. The minimum absolute atomic E-state index is 0.122. The summed E-state index contributed by atoms with van der Waals surface area (Å²) in [4.78, 5) is 10.4. The average molecular weight is 361 g/mol. The molecule has 0 aliphatic carbocycles. The Kier molecular flexibility index (Phi) is 3.36. The predicted octanol–water partition coefficient (Wildman–Crippen LogP) is 2.45. The molecule has 1 heterocycles. The molecule has 0 amide bonds. The van der Waals surface area contributed by atoms with Crippen molar-refractivity contribution in [2.45, 2.75) is 0 Å². The number of ether oxygens (including phenoxy) is 1. The van der Waals surface area contributed by atoms with Gasteiger partial charge in [0.05, 0.1) is 17.6 Å². The lowest BCUT2D eigenvalue weighted by Gasteiger charge is -2.06. The Morgan fingerprint density at radius 2 is 2.28 bits per heavy atom. The summed E-state index contributed by atoms with van der Waals surface area (Å²) in [6.45, 7) is 0. The van der Waals surface area contributed by atoms with Gasteiger partial charge in [-0.3, -0.25) is 10.1 Å². The summed E-state index contributed by atoms with van der Waals surface area (Å²) < 4.78 is 10.7. The standard InChI is InChI=1S/C10H8IN3O4/c1-17-8-5(3-2-4-6(8)14(15)16)9-7(11)10(12)13-18-9/h2-4H,1H3,(H2,12,13). The van der Waals surface area contributed by atoms with E-state index in [0.717, 1.165) is 0 Å². The van der Waals surface area contributed by atoms with Crippen molar-refractivity contribution in [1.29, 1.82) is 0 Å². The zero-order chi connectivity index (χ0) is 13.3. The van der Waals surface area contributed by atoms with Crippen LogP contribution < -0.4 is 10.5 Å². The van der Waals surface area contributed by atoms with Crippen molar-refractivity contribution < 1.29 is 14.2 Å². The topological polar surface area (TPSA) is 104 Å². The van der Waals surface area contributed by atoms with E-state index in [9.17, 15) is 10.1 Å². The number of hydrogen-bond donors (Lipinski definition) is 1. The van der Waals surface area contributed by atoms with Crippen LogP contribution in [0.1, 0.15) is 0 Å². The van der Waals surface area contributed by atoms with E-state index in [1.54, 1.807) is 12.1 Å². The van der Waals surface area contributed by atoms with Crippen LogP contribution in [-0.4, -0.2) is 17.2 Å². The number of methoxy groups -OCH3 is 1. The van der Waals surface area contributed by atoms with E-state index in [1.807, 2.05) is 22.6 Å². The Bertz CT molecular complexity index is 611. The van der Waals surface area contributed by atoms with Crippen molar-refractivity contribution in [2.24, 2.45) is 0 Å². The third-order valence-electron chi connectivity index (χ3n) is 2.30. The number of benzene rings is 1. The molecular weight excluding hydrogens is 353 g/mol. The first-order valence-electron chi connectivity index (χ1n) is 4.78. The fourth-order valence-electron chi connectivity index (χ4n) is 1.52. The number of halogens is 1. The summed E-state index contributed by atoms with van der Waals surface area (Å²) in [5.41, 5.74) is 5.89. The van der Waals surface area contributed by atoms with Crippen molar-refractivity contribution in [2.75, 3.05) is 12.8 Å². The molecule has 0 aliphatic heterocycles. The van der Waals surface area contributed by atoms with Crippen LogP contribution in [-0.2, 0) is 0 Å². The first kappa shape index (κ1) is 12.6. The molecule has 0 saturated carbocycles. The van der Waals surface area contributed by atoms with E-state index in [2.05, 4.69) is 5.16 Å². The summed E-state index contributed by atoms with van der Waals surface area (Å²) in [6.07, 6.45) is 0. The van der Waals surface area contributed by atoms with Crippen molar-refractivity contribution in [3.63, 3.8) is 0 Å². The maximum absolute atomic E-state index is 10.9.